The maximum absolute atomic E-state index is 6.22. The molecule has 2 aromatic rings. The molecule has 2 aromatic carbocycles. The van der Waals surface area contributed by atoms with E-state index in [1.165, 1.54) is 5.56 Å². The van der Waals surface area contributed by atoms with Gasteiger partial charge in [0.2, 0.25) is 0 Å². The van der Waals surface area contributed by atoms with Gasteiger partial charge in [0.1, 0.15) is 0 Å². The second-order valence-electron chi connectivity index (χ2n) is 6.43. The van der Waals surface area contributed by atoms with Crippen molar-refractivity contribution in [3.63, 3.8) is 0 Å². The fourth-order valence-electron chi connectivity index (χ4n) is 2.48. The molecule has 0 fully saturated rings. The molecule has 0 aromatic heterocycles. The predicted octanol–water partition coefficient (Wildman–Crippen LogP) is 4.50. The van der Waals surface area contributed by atoms with Gasteiger partial charge in [-0.2, -0.15) is 0 Å². The minimum Gasteiger partial charge on any atom is -0.271 e. The van der Waals surface area contributed by atoms with Crippen molar-refractivity contribution in [2.75, 3.05) is 0 Å². The third-order valence-corrected chi connectivity index (χ3v) is 4.31. The van der Waals surface area contributed by atoms with E-state index in [4.69, 9.17) is 17.4 Å². The lowest BCUT2D eigenvalue weighted by Crippen LogP contribution is -2.29. The number of hydrogen-bond donors (Lipinski definition) is 2. The van der Waals surface area contributed by atoms with Crippen LogP contribution in [0.15, 0.2) is 42.5 Å². The Kier molecular flexibility index (Phi) is 4.72. The summed E-state index contributed by atoms with van der Waals surface area (Å²) in [5, 5.41) is 0.763. The van der Waals surface area contributed by atoms with E-state index in [1.54, 1.807) is 0 Å². The van der Waals surface area contributed by atoms with Gasteiger partial charge in [0.25, 0.3) is 0 Å². The van der Waals surface area contributed by atoms with Gasteiger partial charge in [-0.3, -0.25) is 5.84 Å². The van der Waals surface area contributed by atoms with Crippen molar-refractivity contribution < 1.29 is 0 Å². The average molecular weight is 303 g/mol. The Bertz CT molecular complexity index is 612. The number of nitrogens with one attached hydrogen (secondary N) is 1. The second-order valence-corrected chi connectivity index (χ2v) is 6.83. The van der Waals surface area contributed by atoms with Crippen molar-refractivity contribution in [2.24, 2.45) is 5.84 Å². The van der Waals surface area contributed by atoms with Gasteiger partial charge in [0.05, 0.1) is 6.04 Å². The Labute approximate surface area is 132 Å². The molecular formula is C18H23ClN2. The molecule has 0 bridgehead atoms. The van der Waals surface area contributed by atoms with Crippen LogP contribution in [0.1, 0.15) is 49.1 Å². The molecule has 0 radical (unpaired) electrons. The molecule has 112 valence electrons. The lowest BCUT2D eigenvalue weighted by atomic mass is 9.85. The van der Waals surface area contributed by atoms with E-state index in [-0.39, 0.29) is 11.5 Å². The third-order valence-electron chi connectivity index (χ3n) is 3.90. The highest BCUT2D eigenvalue weighted by Crippen LogP contribution is 2.30. The summed E-state index contributed by atoms with van der Waals surface area (Å²) in [5.74, 6) is 5.79. The first-order valence-electron chi connectivity index (χ1n) is 7.16. The van der Waals surface area contributed by atoms with E-state index >= 15 is 0 Å². The highest BCUT2D eigenvalue weighted by atomic mass is 35.5. The van der Waals surface area contributed by atoms with Crippen LogP contribution in [0.25, 0.3) is 0 Å². The van der Waals surface area contributed by atoms with E-state index in [1.807, 2.05) is 19.1 Å². The third kappa shape index (κ3) is 3.46. The van der Waals surface area contributed by atoms with Gasteiger partial charge < -0.3 is 0 Å². The Morgan fingerprint density at radius 2 is 1.67 bits per heavy atom. The van der Waals surface area contributed by atoms with Crippen LogP contribution in [0.2, 0.25) is 5.02 Å². The molecule has 2 rings (SSSR count). The molecule has 0 saturated heterocycles. The van der Waals surface area contributed by atoms with Crippen LogP contribution < -0.4 is 11.3 Å². The minimum absolute atomic E-state index is 0.0577. The standard InChI is InChI=1S/C18H23ClN2/c1-12-15(6-5-7-16(12)19)17(21-20)13-8-10-14(11-9-13)18(2,3)4/h5-11,17,21H,20H2,1-4H3. The molecule has 1 atom stereocenters. The largest absolute Gasteiger partial charge is 0.271 e. The van der Waals surface area contributed by atoms with Gasteiger partial charge in [-0.05, 0) is 40.7 Å². The fourth-order valence-corrected chi connectivity index (χ4v) is 2.66. The molecule has 3 N–H and O–H groups in total. The Balaban J connectivity index is 2.40. The van der Waals surface area contributed by atoms with E-state index in [9.17, 15) is 0 Å². The first-order chi connectivity index (χ1) is 9.84. The van der Waals surface area contributed by atoms with E-state index in [0.29, 0.717) is 0 Å². The molecular weight excluding hydrogens is 280 g/mol. The highest BCUT2D eigenvalue weighted by Gasteiger charge is 2.18. The van der Waals surface area contributed by atoms with Gasteiger partial charge >= 0.3 is 0 Å². The molecule has 2 nitrogen and oxygen atoms in total. The van der Waals surface area contributed by atoms with Gasteiger partial charge in [0.15, 0.2) is 0 Å². The molecule has 1 unspecified atom stereocenters. The van der Waals surface area contributed by atoms with Gasteiger partial charge in [-0.15, -0.1) is 0 Å². The molecule has 0 amide bonds. The summed E-state index contributed by atoms with van der Waals surface area (Å²) in [4.78, 5) is 0. The summed E-state index contributed by atoms with van der Waals surface area (Å²) in [6.45, 7) is 8.65. The first-order valence-corrected chi connectivity index (χ1v) is 7.54. The minimum atomic E-state index is -0.0577. The van der Waals surface area contributed by atoms with E-state index in [2.05, 4.69) is 56.5 Å². The summed E-state index contributed by atoms with van der Waals surface area (Å²) in [6, 6.07) is 14.5. The Morgan fingerprint density at radius 1 is 1.05 bits per heavy atom. The number of rotatable bonds is 3. The number of nitrogens with two attached hydrogens (primary N) is 1. The van der Waals surface area contributed by atoms with Crippen LogP contribution >= 0.6 is 11.6 Å². The molecule has 0 heterocycles. The lowest BCUT2D eigenvalue weighted by Gasteiger charge is -2.22. The summed E-state index contributed by atoms with van der Waals surface area (Å²) in [7, 11) is 0. The van der Waals surface area contributed by atoms with Gasteiger partial charge in [-0.25, -0.2) is 5.43 Å². The smallest absolute Gasteiger partial charge is 0.0713 e. The summed E-state index contributed by atoms with van der Waals surface area (Å²) in [5.41, 5.74) is 7.66. The van der Waals surface area contributed by atoms with Gasteiger partial charge in [-0.1, -0.05) is 68.8 Å². The molecule has 0 aliphatic rings. The van der Waals surface area contributed by atoms with Crippen molar-refractivity contribution in [3.05, 3.63) is 69.7 Å². The van der Waals surface area contributed by atoms with Crippen LogP contribution in [-0.2, 0) is 5.41 Å². The topological polar surface area (TPSA) is 38.0 Å². The van der Waals surface area contributed by atoms with E-state index in [0.717, 1.165) is 21.7 Å². The summed E-state index contributed by atoms with van der Waals surface area (Å²) >= 11 is 6.22. The number of hydrogen-bond acceptors (Lipinski definition) is 2. The van der Waals surface area contributed by atoms with Crippen LogP contribution in [0.3, 0.4) is 0 Å². The summed E-state index contributed by atoms with van der Waals surface area (Å²) in [6.07, 6.45) is 0. The average Bonchev–Trinajstić information content (AvgIpc) is 2.44. The SMILES string of the molecule is Cc1c(Cl)cccc1C(NN)c1ccc(C(C)(C)C)cc1. The van der Waals surface area contributed by atoms with Crippen LogP contribution in [-0.4, -0.2) is 0 Å². The van der Waals surface area contributed by atoms with Crippen LogP contribution in [0.4, 0.5) is 0 Å². The second kappa shape index (κ2) is 6.18. The Morgan fingerprint density at radius 3 is 2.19 bits per heavy atom. The van der Waals surface area contributed by atoms with Crippen LogP contribution in [0, 0.1) is 6.92 Å². The van der Waals surface area contributed by atoms with Crippen molar-refractivity contribution in [1.82, 2.24) is 5.43 Å². The zero-order chi connectivity index (χ0) is 15.6. The maximum atomic E-state index is 6.22. The number of halogens is 1. The van der Waals surface area contributed by atoms with Crippen molar-refractivity contribution in [2.45, 2.75) is 39.2 Å². The number of hydrazine groups is 1. The number of benzene rings is 2. The molecule has 0 spiro atoms. The Hall–Kier alpha value is -1.35. The molecule has 3 heteroatoms. The summed E-state index contributed by atoms with van der Waals surface area (Å²) < 4.78 is 0. The molecule has 21 heavy (non-hydrogen) atoms. The fraction of sp³-hybridized carbons (Fsp3) is 0.333. The normalized spacial score (nSPS) is 13.2. The van der Waals surface area contributed by atoms with E-state index < -0.39 is 0 Å². The lowest BCUT2D eigenvalue weighted by molar-refractivity contribution is 0.588. The zero-order valence-electron chi connectivity index (χ0n) is 13.1. The zero-order valence-corrected chi connectivity index (χ0v) is 13.8. The molecule has 0 aliphatic heterocycles. The van der Waals surface area contributed by atoms with Crippen molar-refractivity contribution in [3.8, 4) is 0 Å². The first kappa shape index (κ1) is 16.0. The molecule has 0 aliphatic carbocycles. The van der Waals surface area contributed by atoms with Crippen molar-refractivity contribution in [1.29, 1.82) is 0 Å². The molecule has 0 saturated carbocycles. The highest BCUT2D eigenvalue weighted by molar-refractivity contribution is 6.31. The van der Waals surface area contributed by atoms with Crippen LogP contribution in [0.5, 0.6) is 0 Å². The quantitative estimate of drug-likeness (QED) is 0.647. The predicted molar refractivity (Wildman–Crippen MR) is 90.5 cm³/mol. The van der Waals surface area contributed by atoms with Gasteiger partial charge in [0, 0.05) is 5.02 Å². The maximum Gasteiger partial charge on any atom is 0.0713 e. The van der Waals surface area contributed by atoms with Crippen molar-refractivity contribution >= 4 is 11.6 Å². The monoisotopic (exact) mass is 302 g/mol.